The molecule has 0 saturated heterocycles. The lowest BCUT2D eigenvalue weighted by Crippen LogP contribution is -2.56. The number of ether oxygens (including phenoxy) is 1. The van der Waals surface area contributed by atoms with Gasteiger partial charge in [-0.05, 0) is 52.4 Å². The number of methoxy groups -OCH3 is 1. The lowest BCUT2D eigenvalue weighted by atomic mass is 9.75. The fourth-order valence-corrected chi connectivity index (χ4v) is 3.03. The van der Waals surface area contributed by atoms with E-state index in [4.69, 9.17) is 4.74 Å². The van der Waals surface area contributed by atoms with E-state index >= 15 is 0 Å². The number of aliphatic hydroxyl groups is 1. The average Bonchev–Trinajstić information content (AvgIpc) is 2.40. The van der Waals surface area contributed by atoms with Crippen molar-refractivity contribution in [1.29, 1.82) is 0 Å². The summed E-state index contributed by atoms with van der Waals surface area (Å²) < 4.78 is 5.34. The number of hydrogen-bond donors (Lipinski definition) is 2. The second-order valence-corrected chi connectivity index (χ2v) is 6.36. The first-order valence-corrected chi connectivity index (χ1v) is 7.69. The minimum atomic E-state index is -0.542. The van der Waals surface area contributed by atoms with Gasteiger partial charge in [-0.2, -0.15) is 0 Å². The molecule has 1 aromatic carbocycles. The lowest BCUT2D eigenvalue weighted by molar-refractivity contribution is 0.0554. The highest BCUT2D eigenvalue weighted by atomic mass is 16.5. The van der Waals surface area contributed by atoms with Gasteiger partial charge in [0.05, 0.1) is 13.2 Å². The Bertz CT molecular complexity index is 470. The van der Waals surface area contributed by atoms with Crippen molar-refractivity contribution in [2.24, 2.45) is 0 Å². The minimum absolute atomic E-state index is 0.274. The zero-order chi connectivity index (χ0) is 15.5. The van der Waals surface area contributed by atoms with Crippen molar-refractivity contribution in [3.05, 3.63) is 29.3 Å². The predicted octanol–water partition coefficient (Wildman–Crippen LogP) is 2.11. The van der Waals surface area contributed by atoms with E-state index in [9.17, 15) is 5.11 Å². The van der Waals surface area contributed by atoms with Crippen LogP contribution in [-0.2, 0) is 0 Å². The highest BCUT2D eigenvalue weighted by Gasteiger charge is 2.38. The average molecular weight is 292 g/mol. The molecule has 0 aromatic heterocycles. The number of nitrogens with one attached hydrogen (secondary N) is 1. The topological polar surface area (TPSA) is 44.7 Å². The molecule has 118 valence electrons. The Kier molecular flexibility index (Phi) is 5.25. The first-order chi connectivity index (χ1) is 9.98. The summed E-state index contributed by atoms with van der Waals surface area (Å²) in [5.41, 5.74) is 2.27. The first kappa shape index (κ1) is 16.3. The summed E-state index contributed by atoms with van der Waals surface area (Å²) in [5.74, 6) is 0.751. The molecule has 2 rings (SSSR count). The molecule has 2 N–H and O–H groups in total. The molecule has 21 heavy (non-hydrogen) atoms. The molecular formula is C17H28N2O2. The Balaban J connectivity index is 1.93. The van der Waals surface area contributed by atoms with E-state index in [1.807, 2.05) is 25.1 Å². The molecule has 1 saturated carbocycles. The molecule has 1 aromatic rings. The number of hydrogen-bond acceptors (Lipinski definition) is 4. The van der Waals surface area contributed by atoms with Crippen molar-refractivity contribution < 1.29 is 9.84 Å². The van der Waals surface area contributed by atoms with E-state index in [-0.39, 0.29) is 5.54 Å². The fraction of sp³-hybridized carbons (Fsp3) is 0.647. The van der Waals surface area contributed by atoms with Gasteiger partial charge in [-0.1, -0.05) is 11.6 Å². The van der Waals surface area contributed by atoms with E-state index in [0.717, 1.165) is 23.4 Å². The van der Waals surface area contributed by atoms with Crippen LogP contribution in [0.25, 0.3) is 0 Å². The largest absolute Gasteiger partial charge is 0.496 e. The van der Waals surface area contributed by atoms with Crippen molar-refractivity contribution in [3.8, 4) is 5.75 Å². The summed E-state index contributed by atoms with van der Waals surface area (Å²) in [6, 6.07) is 5.91. The van der Waals surface area contributed by atoms with Crippen LogP contribution >= 0.6 is 0 Å². The van der Waals surface area contributed by atoms with Crippen LogP contribution in [0.1, 0.15) is 36.5 Å². The van der Waals surface area contributed by atoms with Gasteiger partial charge in [-0.3, -0.25) is 0 Å². The van der Waals surface area contributed by atoms with Crippen LogP contribution in [0.15, 0.2) is 18.2 Å². The number of likely N-dealkylation sites (N-methyl/N-ethyl adjacent to an activating group) is 1. The summed E-state index contributed by atoms with van der Waals surface area (Å²) in [4.78, 5) is 2.31. The van der Waals surface area contributed by atoms with Gasteiger partial charge in [-0.15, -0.1) is 0 Å². The number of aryl methyl sites for hydroxylation is 1. The third-order valence-corrected chi connectivity index (χ3v) is 4.77. The quantitative estimate of drug-likeness (QED) is 0.808. The van der Waals surface area contributed by atoms with Crippen LogP contribution in [0, 0.1) is 6.92 Å². The Morgan fingerprint density at radius 1 is 1.38 bits per heavy atom. The summed E-state index contributed by atoms with van der Waals surface area (Å²) in [6.07, 6.45) is 3.22. The van der Waals surface area contributed by atoms with Gasteiger partial charge < -0.3 is 20.1 Å². The van der Waals surface area contributed by atoms with Crippen molar-refractivity contribution in [2.45, 2.75) is 37.8 Å². The second kappa shape index (κ2) is 6.77. The van der Waals surface area contributed by atoms with Gasteiger partial charge >= 0.3 is 0 Å². The maximum absolute atomic E-state index is 10.4. The van der Waals surface area contributed by atoms with Gasteiger partial charge in [0, 0.05) is 24.2 Å². The SMILES string of the molecule is COc1ccc(C)cc1C(O)CNCC1(N(C)C)CCC1. The third kappa shape index (κ3) is 3.57. The van der Waals surface area contributed by atoms with Crippen LogP contribution in [0.4, 0.5) is 0 Å². The molecule has 0 bridgehead atoms. The minimum Gasteiger partial charge on any atom is -0.496 e. The summed E-state index contributed by atoms with van der Waals surface area (Å²) in [7, 11) is 5.92. The first-order valence-electron chi connectivity index (χ1n) is 7.69. The van der Waals surface area contributed by atoms with Crippen LogP contribution in [0.5, 0.6) is 5.75 Å². The number of rotatable bonds is 7. The van der Waals surface area contributed by atoms with Crippen molar-refractivity contribution in [1.82, 2.24) is 10.2 Å². The number of benzene rings is 1. The van der Waals surface area contributed by atoms with E-state index in [1.165, 1.54) is 19.3 Å². The zero-order valence-corrected chi connectivity index (χ0v) is 13.6. The maximum atomic E-state index is 10.4. The molecule has 0 radical (unpaired) electrons. The van der Waals surface area contributed by atoms with Gasteiger partial charge in [0.15, 0.2) is 0 Å². The van der Waals surface area contributed by atoms with E-state index in [2.05, 4.69) is 24.3 Å². The molecule has 0 amide bonds. The molecule has 4 nitrogen and oxygen atoms in total. The highest BCUT2D eigenvalue weighted by molar-refractivity contribution is 5.38. The molecule has 1 aliphatic rings. The Hall–Kier alpha value is -1.10. The molecule has 1 fully saturated rings. The highest BCUT2D eigenvalue weighted by Crippen LogP contribution is 2.35. The molecule has 1 atom stereocenters. The van der Waals surface area contributed by atoms with Crippen LogP contribution < -0.4 is 10.1 Å². The number of nitrogens with zero attached hydrogens (tertiary/aromatic N) is 1. The number of aliphatic hydroxyl groups excluding tert-OH is 1. The van der Waals surface area contributed by atoms with Crippen LogP contribution in [0.3, 0.4) is 0 Å². The summed E-state index contributed by atoms with van der Waals surface area (Å²) in [6.45, 7) is 3.50. The fourth-order valence-electron chi connectivity index (χ4n) is 3.03. The van der Waals surface area contributed by atoms with Gasteiger partial charge in [0.1, 0.15) is 5.75 Å². The molecule has 4 heteroatoms. The van der Waals surface area contributed by atoms with Crippen LogP contribution in [-0.4, -0.2) is 49.8 Å². The molecule has 0 spiro atoms. The van der Waals surface area contributed by atoms with Crippen LogP contribution in [0.2, 0.25) is 0 Å². The monoisotopic (exact) mass is 292 g/mol. The Labute approximate surface area is 128 Å². The second-order valence-electron chi connectivity index (χ2n) is 6.36. The van der Waals surface area contributed by atoms with Crippen molar-refractivity contribution in [2.75, 3.05) is 34.3 Å². The Morgan fingerprint density at radius 3 is 2.62 bits per heavy atom. The van der Waals surface area contributed by atoms with Crippen molar-refractivity contribution in [3.63, 3.8) is 0 Å². The zero-order valence-electron chi connectivity index (χ0n) is 13.6. The molecule has 1 unspecified atom stereocenters. The molecule has 1 aliphatic carbocycles. The Morgan fingerprint density at radius 2 is 2.10 bits per heavy atom. The third-order valence-electron chi connectivity index (χ3n) is 4.77. The summed E-state index contributed by atoms with van der Waals surface area (Å²) in [5, 5.41) is 13.9. The van der Waals surface area contributed by atoms with Gasteiger partial charge in [0.25, 0.3) is 0 Å². The van der Waals surface area contributed by atoms with E-state index in [0.29, 0.717) is 6.54 Å². The van der Waals surface area contributed by atoms with Gasteiger partial charge in [-0.25, -0.2) is 0 Å². The standard InChI is InChI=1S/C17H28N2O2/c1-13-6-7-16(21-4)14(10-13)15(20)11-18-12-17(19(2)3)8-5-9-17/h6-7,10,15,18,20H,5,8-9,11-12H2,1-4H3. The summed E-state index contributed by atoms with van der Waals surface area (Å²) >= 11 is 0. The van der Waals surface area contributed by atoms with E-state index in [1.54, 1.807) is 7.11 Å². The molecule has 0 aliphatic heterocycles. The maximum Gasteiger partial charge on any atom is 0.124 e. The normalized spacial score (nSPS) is 18.4. The lowest BCUT2D eigenvalue weighted by Gasteiger charge is -2.47. The smallest absolute Gasteiger partial charge is 0.124 e. The molecule has 0 heterocycles. The van der Waals surface area contributed by atoms with E-state index < -0.39 is 6.10 Å². The van der Waals surface area contributed by atoms with Crippen molar-refractivity contribution >= 4 is 0 Å². The molecular weight excluding hydrogens is 264 g/mol. The predicted molar refractivity (Wildman–Crippen MR) is 85.8 cm³/mol. The van der Waals surface area contributed by atoms with Gasteiger partial charge in [0.2, 0.25) is 0 Å².